The van der Waals surface area contributed by atoms with Gasteiger partial charge < -0.3 is 4.90 Å². The topological polar surface area (TPSA) is 23.6 Å². The van der Waals surface area contributed by atoms with Crippen LogP contribution in [0.5, 0.6) is 0 Å². The lowest BCUT2D eigenvalue weighted by molar-refractivity contribution is 0.0852. The van der Waals surface area contributed by atoms with Crippen molar-refractivity contribution in [3.05, 3.63) is 35.4 Å². The fourth-order valence-corrected chi connectivity index (χ4v) is 2.71. The number of piperidine rings is 1. The van der Waals surface area contributed by atoms with E-state index in [2.05, 4.69) is 23.9 Å². The second kappa shape index (κ2) is 6.31. The van der Waals surface area contributed by atoms with Gasteiger partial charge in [0.25, 0.3) is 0 Å². The molecule has 0 radical (unpaired) electrons. The minimum atomic E-state index is 0.239. The van der Waals surface area contributed by atoms with Crippen molar-refractivity contribution >= 4 is 5.78 Å². The second-order valence-corrected chi connectivity index (χ2v) is 5.79. The van der Waals surface area contributed by atoms with Crippen LogP contribution in [0, 0.1) is 6.92 Å². The zero-order chi connectivity index (χ0) is 13.8. The Hall–Kier alpha value is -1.19. The Balaban J connectivity index is 1.95. The predicted molar refractivity (Wildman–Crippen MR) is 78.7 cm³/mol. The Kier molecular flexibility index (Phi) is 4.72. The number of aryl methyl sites for hydroxylation is 1. The van der Waals surface area contributed by atoms with E-state index in [0.29, 0.717) is 12.6 Å². The summed E-state index contributed by atoms with van der Waals surface area (Å²) in [6.07, 6.45) is 2.42. The van der Waals surface area contributed by atoms with Crippen molar-refractivity contribution in [3.63, 3.8) is 0 Å². The number of ketones is 1. The van der Waals surface area contributed by atoms with Gasteiger partial charge in [0.2, 0.25) is 0 Å². The lowest BCUT2D eigenvalue weighted by atomic mass is 10.0. The molecule has 1 aromatic rings. The molecule has 104 valence electrons. The Bertz CT molecular complexity index is 442. The van der Waals surface area contributed by atoms with Crippen molar-refractivity contribution < 1.29 is 4.79 Å². The minimum Gasteiger partial charge on any atom is -0.305 e. The highest BCUT2D eigenvalue weighted by Crippen LogP contribution is 2.14. The number of hydrogen-bond acceptors (Lipinski definition) is 3. The summed E-state index contributed by atoms with van der Waals surface area (Å²) in [5, 5.41) is 0. The molecule has 3 heteroatoms. The van der Waals surface area contributed by atoms with E-state index in [4.69, 9.17) is 0 Å². The van der Waals surface area contributed by atoms with E-state index in [1.54, 1.807) is 0 Å². The summed E-state index contributed by atoms with van der Waals surface area (Å²) in [5.41, 5.74) is 1.99. The summed E-state index contributed by atoms with van der Waals surface area (Å²) in [7, 11) is 4.24. The van der Waals surface area contributed by atoms with Crippen molar-refractivity contribution in [3.8, 4) is 0 Å². The number of carbonyl (C=O) groups excluding carboxylic acids is 1. The highest BCUT2D eigenvalue weighted by atomic mass is 16.1. The summed E-state index contributed by atoms with van der Waals surface area (Å²) < 4.78 is 0. The van der Waals surface area contributed by atoms with E-state index in [1.165, 1.54) is 12.8 Å². The number of nitrogens with zero attached hydrogens (tertiary/aromatic N) is 2. The van der Waals surface area contributed by atoms with Gasteiger partial charge in [0, 0.05) is 18.2 Å². The molecule has 3 nitrogen and oxygen atoms in total. The number of likely N-dealkylation sites (N-methyl/N-ethyl adjacent to an activating group) is 1. The minimum absolute atomic E-state index is 0.239. The van der Waals surface area contributed by atoms with Gasteiger partial charge in [-0.25, -0.2) is 0 Å². The maximum atomic E-state index is 12.3. The summed E-state index contributed by atoms with van der Waals surface area (Å²) in [5.74, 6) is 0.239. The number of carbonyl (C=O) groups is 1. The van der Waals surface area contributed by atoms with Crippen LogP contribution in [0.15, 0.2) is 24.3 Å². The average molecular weight is 260 g/mol. The normalized spacial score (nSPS) is 20.7. The van der Waals surface area contributed by atoms with Crippen molar-refractivity contribution in [2.45, 2.75) is 25.8 Å². The zero-order valence-electron chi connectivity index (χ0n) is 12.2. The summed E-state index contributed by atoms with van der Waals surface area (Å²) in [6.45, 7) is 4.62. The molecule has 1 heterocycles. The van der Waals surface area contributed by atoms with E-state index >= 15 is 0 Å². The van der Waals surface area contributed by atoms with Crippen LogP contribution in [0.1, 0.15) is 28.8 Å². The number of likely N-dealkylation sites (tertiary alicyclic amines) is 1. The zero-order valence-corrected chi connectivity index (χ0v) is 12.2. The SMILES string of the molecule is Cc1cccc(C(=O)CN2CCCC(N(C)C)C2)c1. The molecular formula is C16H24N2O. The molecule has 1 fully saturated rings. The molecule has 19 heavy (non-hydrogen) atoms. The third kappa shape index (κ3) is 3.88. The average Bonchev–Trinajstić information content (AvgIpc) is 2.39. The summed E-state index contributed by atoms with van der Waals surface area (Å²) in [6, 6.07) is 8.47. The van der Waals surface area contributed by atoms with Crippen molar-refractivity contribution in [2.75, 3.05) is 33.7 Å². The van der Waals surface area contributed by atoms with Gasteiger partial charge in [-0.15, -0.1) is 0 Å². The molecule has 1 aliphatic rings. The van der Waals surface area contributed by atoms with Gasteiger partial charge in [-0.1, -0.05) is 23.8 Å². The second-order valence-electron chi connectivity index (χ2n) is 5.79. The highest BCUT2D eigenvalue weighted by molar-refractivity contribution is 5.97. The number of hydrogen-bond donors (Lipinski definition) is 0. The molecule has 0 amide bonds. The van der Waals surface area contributed by atoms with Crippen LogP contribution in [0.3, 0.4) is 0 Å². The van der Waals surface area contributed by atoms with E-state index < -0.39 is 0 Å². The van der Waals surface area contributed by atoms with E-state index in [-0.39, 0.29) is 5.78 Å². The number of rotatable bonds is 4. The fraction of sp³-hybridized carbons (Fsp3) is 0.562. The van der Waals surface area contributed by atoms with Crippen LogP contribution in [-0.2, 0) is 0 Å². The molecule has 1 saturated heterocycles. The van der Waals surface area contributed by atoms with Crippen molar-refractivity contribution in [2.24, 2.45) is 0 Å². The van der Waals surface area contributed by atoms with Crippen molar-refractivity contribution in [1.29, 1.82) is 0 Å². The van der Waals surface area contributed by atoms with Gasteiger partial charge in [-0.2, -0.15) is 0 Å². The molecule has 0 aliphatic carbocycles. The smallest absolute Gasteiger partial charge is 0.176 e. The molecule has 1 aromatic carbocycles. The molecule has 0 N–H and O–H groups in total. The molecule has 0 aromatic heterocycles. The highest BCUT2D eigenvalue weighted by Gasteiger charge is 2.23. The predicted octanol–water partition coefficient (Wildman–Crippen LogP) is 2.20. The Morgan fingerprint density at radius 1 is 1.42 bits per heavy atom. The summed E-state index contributed by atoms with van der Waals surface area (Å²) >= 11 is 0. The number of benzene rings is 1. The first-order valence-electron chi connectivity index (χ1n) is 7.05. The van der Waals surface area contributed by atoms with Crippen LogP contribution in [-0.4, -0.2) is 55.4 Å². The largest absolute Gasteiger partial charge is 0.305 e. The van der Waals surface area contributed by atoms with Crippen LogP contribution in [0.25, 0.3) is 0 Å². The van der Waals surface area contributed by atoms with E-state index in [0.717, 1.165) is 24.2 Å². The van der Waals surface area contributed by atoms with Gasteiger partial charge >= 0.3 is 0 Å². The van der Waals surface area contributed by atoms with Gasteiger partial charge in [0.05, 0.1) is 6.54 Å². The van der Waals surface area contributed by atoms with E-state index in [1.807, 2.05) is 31.2 Å². The van der Waals surface area contributed by atoms with Crippen LogP contribution in [0.4, 0.5) is 0 Å². The molecule has 1 aliphatic heterocycles. The Morgan fingerprint density at radius 2 is 2.21 bits per heavy atom. The maximum Gasteiger partial charge on any atom is 0.176 e. The van der Waals surface area contributed by atoms with Crippen LogP contribution in [0.2, 0.25) is 0 Å². The first-order chi connectivity index (χ1) is 9.06. The third-order valence-corrected chi connectivity index (χ3v) is 3.92. The van der Waals surface area contributed by atoms with Crippen molar-refractivity contribution in [1.82, 2.24) is 9.80 Å². The standard InChI is InChI=1S/C16H24N2O/c1-13-6-4-7-14(10-13)16(19)12-18-9-5-8-15(11-18)17(2)3/h4,6-7,10,15H,5,8-9,11-12H2,1-3H3. The number of Topliss-reactive ketones (excluding diaryl/α,β-unsaturated/α-hetero) is 1. The Morgan fingerprint density at radius 3 is 2.89 bits per heavy atom. The van der Waals surface area contributed by atoms with Crippen LogP contribution < -0.4 is 0 Å². The monoisotopic (exact) mass is 260 g/mol. The third-order valence-electron chi connectivity index (χ3n) is 3.92. The fourth-order valence-electron chi connectivity index (χ4n) is 2.71. The lowest BCUT2D eigenvalue weighted by Gasteiger charge is -2.35. The molecule has 2 rings (SSSR count). The molecule has 0 bridgehead atoms. The first-order valence-corrected chi connectivity index (χ1v) is 7.05. The summed E-state index contributed by atoms with van der Waals surface area (Å²) in [4.78, 5) is 16.8. The van der Waals surface area contributed by atoms with E-state index in [9.17, 15) is 4.79 Å². The molecular weight excluding hydrogens is 236 g/mol. The van der Waals surface area contributed by atoms with Gasteiger partial charge in [-0.05, 0) is 46.5 Å². The molecule has 1 atom stereocenters. The quantitative estimate of drug-likeness (QED) is 0.775. The van der Waals surface area contributed by atoms with Crippen LogP contribution >= 0.6 is 0 Å². The lowest BCUT2D eigenvalue weighted by Crippen LogP contribution is -2.46. The first kappa shape index (κ1) is 14.2. The molecule has 0 saturated carbocycles. The Labute approximate surface area is 116 Å². The molecule has 1 unspecified atom stereocenters. The van der Waals surface area contributed by atoms with Gasteiger partial charge in [0.15, 0.2) is 5.78 Å². The maximum absolute atomic E-state index is 12.3. The van der Waals surface area contributed by atoms with Gasteiger partial charge in [-0.3, -0.25) is 9.69 Å². The molecule has 0 spiro atoms. The van der Waals surface area contributed by atoms with Gasteiger partial charge in [0.1, 0.15) is 0 Å².